The maximum atomic E-state index is 12.2. The molecule has 1 aliphatic rings. The fraction of sp³-hybridized carbons (Fsp3) is 0.583. The Bertz CT molecular complexity index is 425. The van der Waals surface area contributed by atoms with E-state index in [0.717, 1.165) is 6.42 Å². The van der Waals surface area contributed by atoms with Crippen LogP contribution in [0.4, 0.5) is 19.0 Å². The first-order valence-electron chi connectivity index (χ1n) is 6.08. The first-order valence-corrected chi connectivity index (χ1v) is 6.46. The Labute approximate surface area is 114 Å². The van der Waals surface area contributed by atoms with Crippen LogP contribution < -0.4 is 5.32 Å². The van der Waals surface area contributed by atoms with Crippen molar-refractivity contribution < 1.29 is 13.2 Å². The van der Waals surface area contributed by atoms with Crippen molar-refractivity contribution in [2.45, 2.75) is 12.6 Å². The quantitative estimate of drug-likeness (QED) is 0.865. The minimum Gasteiger partial charge on any atom is -0.370 e. The zero-order valence-corrected chi connectivity index (χ0v) is 11.0. The van der Waals surface area contributed by atoms with E-state index in [2.05, 4.69) is 10.3 Å². The van der Waals surface area contributed by atoms with Crippen molar-refractivity contribution in [3.8, 4) is 0 Å². The van der Waals surface area contributed by atoms with E-state index in [4.69, 9.17) is 11.6 Å². The fourth-order valence-corrected chi connectivity index (χ4v) is 2.40. The molecule has 0 saturated carbocycles. The molecule has 1 aromatic rings. The molecule has 0 spiro atoms. The summed E-state index contributed by atoms with van der Waals surface area (Å²) in [6, 6.07) is 5.24. The molecule has 2 heterocycles. The number of aromatic nitrogens is 1. The monoisotopic (exact) mass is 293 g/mol. The second-order valence-electron chi connectivity index (χ2n) is 4.73. The molecule has 0 bridgehead atoms. The van der Waals surface area contributed by atoms with Crippen LogP contribution in [0, 0.1) is 5.92 Å². The van der Waals surface area contributed by atoms with E-state index in [1.807, 2.05) is 0 Å². The normalized spacial score (nSPS) is 20.7. The summed E-state index contributed by atoms with van der Waals surface area (Å²) in [6.45, 7) is 0.753. The summed E-state index contributed by atoms with van der Waals surface area (Å²) in [5.41, 5.74) is 0. The Morgan fingerprint density at radius 1 is 1.42 bits per heavy atom. The van der Waals surface area contributed by atoms with Gasteiger partial charge < -0.3 is 5.32 Å². The number of hydrogen-bond acceptors (Lipinski definition) is 3. The molecule has 106 valence electrons. The summed E-state index contributed by atoms with van der Waals surface area (Å²) in [7, 11) is 0. The van der Waals surface area contributed by atoms with E-state index in [9.17, 15) is 13.2 Å². The van der Waals surface area contributed by atoms with Gasteiger partial charge >= 0.3 is 6.18 Å². The number of nitrogens with zero attached hydrogens (tertiary/aromatic N) is 2. The highest BCUT2D eigenvalue weighted by Gasteiger charge is 2.34. The molecular formula is C12H15ClF3N3. The fourth-order valence-electron chi connectivity index (χ4n) is 2.23. The predicted octanol–water partition coefficient (Wildman–Crippen LogP) is 3.03. The Morgan fingerprint density at radius 3 is 2.89 bits per heavy atom. The molecule has 7 heteroatoms. The van der Waals surface area contributed by atoms with Crippen molar-refractivity contribution in [3.05, 3.63) is 23.4 Å². The lowest BCUT2D eigenvalue weighted by atomic mass is 10.1. The molecule has 0 radical (unpaired) electrons. The molecule has 1 saturated heterocycles. The number of nitrogens with one attached hydrogen (secondary N) is 1. The van der Waals surface area contributed by atoms with Crippen molar-refractivity contribution >= 4 is 17.4 Å². The predicted molar refractivity (Wildman–Crippen MR) is 68.3 cm³/mol. The summed E-state index contributed by atoms with van der Waals surface area (Å²) in [5.74, 6) is 0.866. The molecule has 3 nitrogen and oxygen atoms in total. The van der Waals surface area contributed by atoms with Crippen molar-refractivity contribution in [2.24, 2.45) is 5.92 Å². The van der Waals surface area contributed by atoms with Gasteiger partial charge in [0, 0.05) is 13.1 Å². The summed E-state index contributed by atoms with van der Waals surface area (Å²) >= 11 is 5.75. The van der Waals surface area contributed by atoms with Crippen LogP contribution in [0.2, 0.25) is 5.15 Å². The topological polar surface area (TPSA) is 28.2 Å². The summed E-state index contributed by atoms with van der Waals surface area (Å²) < 4.78 is 36.7. The van der Waals surface area contributed by atoms with Crippen LogP contribution in [0.5, 0.6) is 0 Å². The standard InChI is InChI=1S/C12H15ClF3N3/c13-10-2-1-3-11(18-10)17-6-9-4-5-19(7-9)8-12(14,15)16/h1-3,9H,4-8H2,(H,17,18). The third kappa shape index (κ3) is 4.87. The number of pyridine rings is 1. The van der Waals surface area contributed by atoms with Crippen LogP contribution in [-0.2, 0) is 0 Å². The zero-order chi connectivity index (χ0) is 13.9. The van der Waals surface area contributed by atoms with Gasteiger partial charge in [-0.25, -0.2) is 4.98 Å². The van der Waals surface area contributed by atoms with Crippen LogP contribution in [0.3, 0.4) is 0 Å². The van der Waals surface area contributed by atoms with Crippen molar-refractivity contribution in [1.82, 2.24) is 9.88 Å². The van der Waals surface area contributed by atoms with E-state index in [-0.39, 0.29) is 5.92 Å². The van der Waals surface area contributed by atoms with Gasteiger partial charge in [0.15, 0.2) is 0 Å². The lowest BCUT2D eigenvalue weighted by Gasteiger charge is -2.18. The molecular weight excluding hydrogens is 279 g/mol. The molecule has 2 rings (SSSR count). The van der Waals surface area contributed by atoms with Crippen LogP contribution in [0.25, 0.3) is 0 Å². The third-order valence-electron chi connectivity index (χ3n) is 3.06. The van der Waals surface area contributed by atoms with E-state index < -0.39 is 12.7 Å². The minimum absolute atomic E-state index is 0.211. The van der Waals surface area contributed by atoms with Crippen molar-refractivity contribution in [2.75, 3.05) is 31.5 Å². The maximum absolute atomic E-state index is 12.2. The van der Waals surface area contributed by atoms with Gasteiger partial charge in [0.05, 0.1) is 6.54 Å². The number of anilines is 1. The average Bonchev–Trinajstić information content (AvgIpc) is 2.72. The minimum atomic E-state index is -4.11. The molecule has 0 amide bonds. The van der Waals surface area contributed by atoms with E-state index in [0.29, 0.717) is 30.6 Å². The molecule has 1 fully saturated rings. The van der Waals surface area contributed by atoms with E-state index in [1.165, 1.54) is 4.90 Å². The largest absolute Gasteiger partial charge is 0.401 e. The molecule has 1 aliphatic heterocycles. The smallest absolute Gasteiger partial charge is 0.370 e. The van der Waals surface area contributed by atoms with Gasteiger partial charge in [-0.15, -0.1) is 0 Å². The molecule has 1 atom stereocenters. The van der Waals surface area contributed by atoms with Gasteiger partial charge in [0.2, 0.25) is 0 Å². The third-order valence-corrected chi connectivity index (χ3v) is 3.27. The molecule has 1 aromatic heterocycles. The molecule has 19 heavy (non-hydrogen) atoms. The summed E-state index contributed by atoms with van der Waals surface area (Å²) in [5, 5.41) is 3.51. The highest BCUT2D eigenvalue weighted by atomic mass is 35.5. The van der Waals surface area contributed by atoms with E-state index >= 15 is 0 Å². The van der Waals surface area contributed by atoms with Gasteiger partial charge in [-0.05, 0) is 31.0 Å². The van der Waals surface area contributed by atoms with Gasteiger partial charge in [0.1, 0.15) is 11.0 Å². The number of halogens is 4. The highest BCUT2D eigenvalue weighted by Crippen LogP contribution is 2.23. The second kappa shape index (κ2) is 5.96. The summed E-state index contributed by atoms with van der Waals surface area (Å²) in [4.78, 5) is 5.52. The first kappa shape index (κ1) is 14.4. The number of rotatable bonds is 4. The van der Waals surface area contributed by atoms with Crippen molar-refractivity contribution in [3.63, 3.8) is 0 Å². The molecule has 1 N–H and O–H groups in total. The van der Waals surface area contributed by atoms with Gasteiger partial charge in [-0.1, -0.05) is 17.7 Å². The first-order chi connectivity index (χ1) is 8.92. The number of likely N-dealkylation sites (tertiary alicyclic amines) is 1. The Hall–Kier alpha value is -1.01. The lowest BCUT2D eigenvalue weighted by molar-refractivity contribution is -0.143. The second-order valence-corrected chi connectivity index (χ2v) is 5.12. The van der Waals surface area contributed by atoms with Crippen LogP contribution >= 0.6 is 11.6 Å². The number of alkyl halides is 3. The zero-order valence-electron chi connectivity index (χ0n) is 10.3. The molecule has 0 aromatic carbocycles. The van der Waals surface area contributed by atoms with Crippen LogP contribution in [0.15, 0.2) is 18.2 Å². The van der Waals surface area contributed by atoms with Crippen LogP contribution in [-0.4, -0.2) is 42.2 Å². The molecule has 0 aliphatic carbocycles. The summed E-state index contributed by atoms with van der Waals surface area (Å²) in [6.07, 6.45) is -3.35. The van der Waals surface area contributed by atoms with Crippen molar-refractivity contribution in [1.29, 1.82) is 0 Å². The van der Waals surface area contributed by atoms with Crippen LogP contribution in [0.1, 0.15) is 6.42 Å². The van der Waals surface area contributed by atoms with E-state index in [1.54, 1.807) is 18.2 Å². The average molecular weight is 294 g/mol. The Kier molecular flexibility index (Phi) is 4.52. The van der Waals surface area contributed by atoms with Gasteiger partial charge in [0.25, 0.3) is 0 Å². The maximum Gasteiger partial charge on any atom is 0.401 e. The van der Waals surface area contributed by atoms with Gasteiger partial charge in [-0.2, -0.15) is 13.2 Å². The lowest BCUT2D eigenvalue weighted by Crippen LogP contribution is -2.33. The van der Waals surface area contributed by atoms with Gasteiger partial charge in [-0.3, -0.25) is 4.90 Å². The SMILES string of the molecule is FC(F)(F)CN1CCC(CNc2cccc(Cl)n2)C1. The molecule has 1 unspecified atom stereocenters. The Balaban J connectivity index is 1.76. The highest BCUT2D eigenvalue weighted by molar-refractivity contribution is 6.29. The Morgan fingerprint density at radius 2 is 2.21 bits per heavy atom. The number of hydrogen-bond donors (Lipinski definition) is 1.